The van der Waals surface area contributed by atoms with Crippen LogP contribution in [0.5, 0.6) is 0 Å². The van der Waals surface area contributed by atoms with Crippen LogP contribution in [0.1, 0.15) is 38.5 Å². The lowest BCUT2D eigenvalue weighted by atomic mass is 10.2. The monoisotopic (exact) mass is 227 g/mol. The lowest BCUT2D eigenvalue weighted by Gasteiger charge is -2.03. The fraction of sp³-hybridized carbons (Fsp3) is 0.667. The Labute approximate surface area is 97.1 Å². The van der Waals surface area contributed by atoms with E-state index in [1.165, 1.54) is 7.11 Å². The third kappa shape index (κ3) is 9.24. The Bertz CT molecular complexity index is 226. The Kier molecular flexibility index (Phi) is 9.36. The molecule has 0 saturated carbocycles. The fourth-order valence-electron chi connectivity index (χ4n) is 1.22. The van der Waals surface area contributed by atoms with Gasteiger partial charge in [0.25, 0.3) is 0 Å². The second kappa shape index (κ2) is 10.2. The SMILES string of the molecule is C=CCCC(=O)NCCCCCC(=O)OC. The molecule has 4 heteroatoms. The normalized spacial score (nSPS) is 9.56. The van der Waals surface area contributed by atoms with Gasteiger partial charge in [0.05, 0.1) is 7.11 Å². The van der Waals surface area contributed by atoms with Crippen molar-refractivity contribution in [3.8, 4) is 0 Å². The van der Waals surface area contributed by atoms with Crippen LogP contribution in [0.2, 0.25) is 0 Å². The van der Waals surface area contributed by atoms with E-state index in [0.29, 0.717) is 25.8 Å². The zero-order valence-electron chi connectivity index (χ0n) is 9.96. The van der Waals surface area contributed by atoms with Crippen molar-refractivity contribution in [3.05, 3.63) is 12.7 Å². The molecule has 0 aliphatic heterocycles. The van der Waals surface area contributed by atoms with Gasteiger partial charge >= 0.3 is 5.97 Å². The first-order valence-corrected chi connectivity index (χ1v) is 5.65. The Morgan fingerprint density at radius 2 is 2.00 bits per heavy atom. The van der Waals surface area contributed by atoms with Crippen molar-refractivity contribution < 1.29 is 14.3 Å². The molecular weight excluding hydrogens is 206 g/mol. The van der Waals surface area contributed by atoms with Crippen molar-refractivity contribution in [3.63, 3.8) is 0 Å². The Morgan fingerprint density at radius 3 is 2.62 bits per heavy atom. The van der Waals surface area contributed by atoms with Crippen molar-refractivity contribution in [1.82, 2.24) is 5.32 Å². The summed E-state index contributed by atoms with van der Waals surface area (Å²) in [6.07, 6.45) is 6.06. The summed E-state index contributed by atoms with van der Waals surface area (Å²) in [7, 11) is 1.39. The van der Waals surface area contributed by atoms with Crippen LogP contribution in [0.25, 0.3) is 0 Å². The first-order valence-electron chi connectivity index (χ1n) is 5.65. The summed E-state index contributed by atoms with van der Waals surface area (Å²) in [6.45, 7) is 4.23. The van der Waals surface area contributed by atoms with Gasteiger partial charge in [0.15, 0.2) is 0 Å². The summed E-state index contributed by atoms with van der Waals surface area (Å²) >= 11 is 0. The molecular formula is C12H21NO3. The molecule has 0 aliphatic rings. The summed E-state index contributed by atoms with van der Waals surface area (Å²) in [5.41, 5.74) is 0. The number of carbonyl (C=O) groups is 2. The van der Waals surface area contributed by atoms with E-state index in [9.17, 15) is 9.59 Å². The number of esters is 1. The van der Waals surface area contributed by atoms with Gasteiger partial charge in [0, 0.05) is 19.4 Å². The molecule has 0 aromatic carbocycles. The van der Waals surface area contributed by atoms with E-state index < -0.39 is 0 Å². The predicted molar refractivity (Wildman–Crippen MR) is 62.9 cm³/mol. The molecule has 16 heavy (non-hydrogen) atoms. The van der Waals surface area contributed by atoms with Gasteiger partial charge in [0.2, 0.25) is 5.91 Å². The lowest BCUT2D eigenvalue weighted by Crippen LogP contribution is -2.23. The Hall–Kier alpha value is -1.32. The van der Waals surface area contributed by atoms with E-state index in [1.807, 2.05) is 0 Å². The van der Waals surface area contributed by atoms with Crippen molar-refractivity contribution >= 4 is 11.9 Å². The number of methoxy groups -OCH3 is 1. The molecule has 0 unspecified atom stereocenters. The molecule has 1 amide bonds. The number of hydrogen-bond acceptors (Lipinski definition) is 3. The van der Waals surface area contributed by atoms with Crippen LogP contribution in [0.15, 0.2) is 12.7 Å². The van der Waals surface area contributed by atoms with Crippen molar-refractivity contribution in [2.75, 3.05) is 13.7 Å². The van der Waals surface area contributed by atoms with Gasteiger partial charge < -0.3 is 10.1 Å². The van der Waals surface area contributed by atoms with Gasteiger partial charge in [-0.2, -0.15) is 0 Å². The fourth-order valence-corrected chi connectivity index (χ4v) is 1.22. The molecule has 4 nitrogen and oxygen atoms in total. The standard InChI is InChI=1S/C12H21NO3/c1-3-4-8-11(14)13-10-7-5-6-9-12(15)16-2/h3H,1,4-10H2,2H3,(H,13,14). The van der Waals surface area contributed by atoms with Crippen LogP contribution in [0.4, 0.5) is 0 Å². The van der Waals surface area contributed by atoms with Gasteiger partial charge in [-0.25, -0.2) is 0 Å². The van der Waals surface area contributed by atoms with Crippen LogP contribution in [0, 0.1) is 0 Å². The number of ether oxygens (including phenoxy) is 1. The molecule has 0 radical (unpaired) electrons. The minimum Gasteiger partial charge on any atom is -0.469 e. The maximum atomic E-state index is 11.2. The van der Waals surface area contributed by atoms with E-state index in [-0.39, 0.29) is 11.9 Å². The lowest BCUT2D eigenvalue weighted by molar-refractivity contribution is -0.140. The first-order chi connectivity index (χ1) is 7.70. The molecule has 0 heterocycles. The molecule has 0 atom stereocenters. The van der Waals surface area contributed by atoms with Gasteiger partial charge in [-0.3, -0.25) is 9.59 Å². The number of nitrogens with one attached hydrogen (secondary N) is 1. The van der Waals surface area contributed by atoms with E-state index in [2.05, 4.69) is 16.6 Å². The molecule has 92 valence electrons. The maximum absolute atomic E-state index is 11.2. The first kappa shape index (κ1) is 14.7. The molecule has 0 saturated heterocycles. The quantitative estimate of drug-likeness (QED) is 0.371. The molecule has 1 N–H and O–H groups in total. The van der Waals surface area contributed by atoms with Crippen molar-refractivity contribution in [2.24, 2.45) is 0 Å². The number of hydrogen-bond donors (Lipinski definition) is 1. The molecule has 0 aromatic rings. The average Bonchev–Trinajstić information content (AvgIpc) is 2.30. The van der Waals surface area contributed by atoms with E-state index in [4.69, 9.17) is 0 Å². The highest BCUT2D eigenvalue weighted by Crippen LogP contribution is 2.00. The minimum atomic E-state index is -0.171. The van der Waals surface area contributed by atoms with Crippen molar-refractivity contribution in [1.29, 1.82) is 0 Å². The number of carbonyl (C=O) groups excluding carboxylic acids is 2. The van der Waals surface area contributed by atoms with Crippen LogP contribution in [0.3, 0.4) is 0 Å². The summed E-state index contributed by atoms with van der Waals surface area (Å²) in [5, 5.41) is 2.82. The number of amides is 1. The maximum Gasteiger partial charge on any atom is 0.305 e. The zero-order chi connectivity index (χ0) is 12.2. The van der Waals surface area contributed by atoms with Crippen LogP contribution in [-0.4, -0.2) is 25.5 Å². The average molecular weight is 227 g/mol. The smallest absolute Gasteiger partial charge is 0.305 e. The molecule has 0 rings (SSSR count). The van der Waals surface area contributed by atoms with Gasteiger partial charge in [-0.05, 0) is 19.3 Å². The summed E-state index contributed by atoms with van der Waals surface area (Å²) in [5.74, 6) is -0.108. The third-order valence-corrected chi connectivity index (χ3v) is 2.18. The number of unbranched alkanes of at least 4 members (excludes halogenated alkanes) is 2. The number of rotatable bonds is 9. The summed E-state index contributed by atoms with van der Waals surface area (Å²) < 4.78 is 4.52. The Balaban J connectivity index is 3.23. The highest BCUT2D eigenvalue weighted by molar-refractivity contribution is 5.75. The molecule has 0 aliphatic carbocycles. The van der Waals surface area contributed by atoms with E-state index >= 15 is 0 Å². The van der Waals surface area contributed by atoms with Crippen LogP contribution < -0.4 is 5.32 Å². The molecule has 0 aromatic heterocycles. The molecule has 0 spiro atoms. The van der Waals surface area contributed by atoms with Crippen LogP contribution in [-0.2, 0) is 14.3 Å². The van der Waals surface area contributed by atoms with Crippen LogP contribution >= 0.6 is 0 Å². The third-order valence-electron chi connectivity index (χ3n) is 2.18. The predicted octanol–water partition coefficient (Wildman–Crippen LogP) is 1.80. The van der Waals surface area contributed by atoms with Crippen molar-refractivity contribution in [2.45, 2.75) is 38.5 Å². The zero-order valence-corrected chi connectivity index (χ0v) is 9.96. The summed E-state index contributed by atoms with van der Waals surface area (Å²) in [6, 6.07) is 0. The highest BCUT2D eigenvalue weighted by Gasteiger charge is 2.00. The second-order valence-corrected chi connectivity index (χ2v) is 3.56. The van der Waals surface area contributed by atoms with E-state index in [1.54, 1.807) is 6.08 Å². The van der Waals surface area contributed by atoms with Gasteiger partial charge in [-0.1, -0.05) is 12.5 Å². The molecule has 0 fully saturated rings. The second-order valence-electron chi connectivity index (χ2n) is 3.56. The largest absolute Gasteiger partial charge is 0.469 e. The number of allylic oxidation sites excluding steroid dienone is 1. The van der Waals surface area contributed by atoms with Gasteiger partial charge in [-0.15, -0.1) is 6.58 Å². The minimum absolute atomic E-state index is 0.0628. The summed E-state index contributed by atoms with van der Waals surface area (Å²) in [4.78, 5) is 21.9. The molecule has 0 bridgehead atoms. The topological polar surface area (TPSA) is 55.4 Å². The highest BCUT2D eigenvalue weighted by atomic mass is 16.5. The Morgan fingerprint density at radius 1 is 1.25 bits per heavy atom. The van der Waals surface area contributed by atoms with Gasteiger partial charge in [0.1, 0.15) is 0 Å². The van der Waals surface area contributed by atoms with E-state index in [0.717, 1.165) is 19.3 Å².